The van der Waals surface area contributed by atoms with Gasteiger partial charge in [-0.25, -0.2) is 9.97 Å². The molecule has 8 aliphatic rings. The van der Waals surface area contributed by atoms with Crippen molar-refractivity contribution in [2.45, 2.75) is 165 Å². The zero-order chi connectivity index (χ0) is 49.3. The van der Waals surface area contributed by atoms with Crippen LogP contribution in [0.2, 0.25) is 0 Å². The molecule has 2 aromatic carbocycles. The van der Waals surface area contributed by atoms with Crippen molar-refractivity contribution < 1.29 is 28.7 Å². The highest BCUT2D eigenvalue weighted by Crippen LogP contribution is 2.52. The third-order valence-electron chi connectivity index (χ3n) is 17.9. The number of aromatic nitrogens is 3. The van der Waals surface area contributed by atoms with E-state index in [0.29, 0.717) is 63.9 Å². The normalized spacial score (nSPS) is 27.8. The summed E-state index contributed by atoms with van der Waals surface area (Å²) in [7, 11) is 0. The van der Waals surface area contributed by atoms with Crippen molar-refractivity contribution in [3.8, 4) is 17.0 Å². The predicted molar refractivity (Wildman–Crippen MR) is 274 cm³/mol. The predicted octanol–water partition coefficient (Wildman–Crippen LogP) is 7.87. The number of carbonyl (C=O) groups is 5. The quantitative estimate of drug-likeness (QED) is 0.142. The summed E-state index contributed by atoms with van der Waals surface area (Å²) in [5, 5.41) is 6.14. The van der Waals surface area contributed by atoms with Crippen LogP contribution in [-0.4, -0.2) is 122 Å². The lowest BCUT2D eigenvalue weighted by Gasteiger charge is -2.48. The Labute approximate surface area is 422 Å². The van der Waals surface area contributed by atoms with Crippen molar-refractivity contribution in [3.63, 3.8) is 0 Å². The Bertz CT molecular complexity index is 2740. The largest absolute Gasteiger partial charge is 0.490 e. The summed E-state index contributed by atoms with van der Waals surface area (Å²) in [5.41, 5.74) is 6.06. The Morgan fingerprint density at radius 2 is 1.53 bits per heavy atom. The minimum absolute atomic E-state index is 0.00186. The van der Waals surface area contributed by atoms with E-state index in [1.807, 2.05) is 40.4 Å². The van der Waals surface area contributed by atoms with Gasteiger partial charge in [0.2, 0.25) is 29.5 Å². The molecule has 7 heterocycles. The maximum absolute atomic E-state index is 15.3. The van der Waals surface area contributed by atoms with Crippen LogP contribution in [0.15, 0.2) is 54.9 Å². The Hall–Kier alpha value is -5.83. The molecule has 0 radical (unpaired) electrons. The van der Waals surface area contributed by atoms with E-state index in [9.17, 15) is 19.2 Å². The van der Waals surface area contributed by atoms with Crippen LogP contribution in [0.5, 0.6) is 5.75 Å². The third-order valence-corrected chi connectivity index (χ3v) is 17.9. The van der Waals surface area contributed by atoms with Crippen molar-refractivity contribution in [1.82, 2.24) is 34.6 Å². The zero-order valence-electron chi connectivity index (χ0n) is 42.2. The molecule has 5 amide bonds. The van der Waals surface area contributed by atoms with Gasteiger partial charge in [-0.1, -0.05) is 30.7 Å². The molecule has 5 aliphatic heterocycles. The number of benzene rings is 2. The number of ether oxygens (including phenoxy) is 1. The Morgan fingerprint density at radius 1 is 0.778 bits per heavy atom. The number of hydrogen-bond donors (Lipinski definition) is 2. The second kappa shape index (κ2) is 19.2. The van der Waals surface area contributed by atoms with Gasteiger partial charge in [0.05, 0.1) is 40.9 Å². The van der Waals surface area contributed by atoms with Gasteiger partial charge in [0, 0.05) is 73.9 Å². The molecule has 2 aromatic heterocycles. The molecule has 4 aromatic rings. The van der Waals surface area contributed by atoms with Gasteiger partial charge in [-0.15, -0.1) is 0 Å². The van der Waals surface area contributed by atoms with E-state index in [1.165, 1.54) is 19.3 Å². The molecule has 1 spiro atoms. The SMILES string of the molecule is CC(C)n1cnc2cc(-c3ccc4c(c3)N(C3CC(N5CCCCC5)C3)C(=O)C43CCN(C(=O)[C@@H]4CCCN(C(=O)C5CCC(Oc6ccc([C@H]7CCC(=O)NC7=O)cc6)CC5)C4)CC3)nc(NC3CC3)c21. The number of amides is 5. The molecule has 380 valence electrons. The Morgan fingerprint density at radius 3 is 2.25 bits per heavy atom. The van der Waals surface area contributed by atoms with Crippen LogP contribution in [-0.2, 0) is 29.4 Å². The molecule has 3 saturated carbocycles. The van der Waals surface area contributed by atoms with Crippen LogP contribution in [0.3, 0.4) is 0 Å². The number of fused-ring (bicyclic) bond motifs is 3. The van der Waals surface area contributed by atoms with E-state index in [2.05, 4.69) is 63.1 Å². The first-order valence-corrected chi connectivity index (χ1v) is 27.5. The first-order valence-electron chi connectivity index (χ1n) is 27.5. The summed E-state index contributed by atoms with van der Waals surface area (Å²) < 4.78 is 8.54. The fourth-order valence-corrected chi connectivity index (χ4v) is 13.5. The van der Waals surface area contributed by atoms with Crippen LogP contribution in [0.1, 0.15) is 146 Å². The molecule has 2 atom stereocenters. The number of carbonyl (C=O) groups excluding carboxylic acids is 5. The first-order chi connectivity index (χ1) is 35.0. The smallest absolute Gasteiger partial charge is 0.238 e. The molecule has 2 N–H and O–H groups in total. The van der Waals surface area contributed by atoms with Crippen molar-refractivity contribution in [2.24, 2.45) is 11.8 Å². The average Bonchev–Trinajstić information content (AvgIpc) is 4.05. The van der Waals surface area contributed by atoms with E-state index >= 15 is 4.79 Å². The van der Waals surface area contributed by atoms with Gasteiger partial charge in [-0.2, -0.15) is 0 Å². The van der Waals surface area contributed by atoms with E-state index in [-0.39, 0.29) is 65.5 Å². The molecule has 15 heteroatoms. The van der Waals surface area contributed by atoms with Crippen LogP contribution < -0.4 is 20.3 Å². The summed E-state index contributed by atoms with van der Waals surface area (Å²) in [6, 6.07) is 17.6. The fourth-order valence-electron chi connectivity index (χ4n) is 13.5. The average molecular weight is 978 g/mol. The van der Waals surface area contributed by atoms with E-state index in [0.717, 1.165) is 128 Å². The first kappa shape index (κ1) is 47.2. The van der Waals surface area contributed by atoms with Gasteiger partial charge in [-0.05, 0) is 159 Å². The molecule has 4 saturated heterocycles. The molecule has 7 fully saturated rings. The van der Waals surface area contributed by atoms with Crippen LogP contribution in [0.4, 0.5) is 11.5 Å². The highest BCUT2D eigenvalue weighted by Gasteiger charge is 2.56. The maximum Gasteiger partial charge on any atom is 0.238 e. The second-order valence-corrected chi connectivity index (χ2v) is 22.9. The number of rotatable bonds is 11. The zero-order valence-corrected chi connectivity index (χ0v) is 42.2. The monoisotopic (exact) mass is 978 g/mol. The van der Waals surface area contributed by atoms with E-state index < -0.39 is 5.41 Å². The summed E-state index contributed by atoms with van der Waals surface area (Å²) >= 11 is 0. The van der Waals surface area contributed by atoms with E-state index in [1.54, 1.807) is 0 Å². The number of imide groups is 1. The lowest BCUT2D eigenvalue weighted by atomic mass is 9.73. The third kappa shape index (κ3) is 8.84. The van der Waals surface area contributed by atoms with Gasteiger partial charge >= 0.3 is 0 Å². The fraction of sp³-hybridized carbons (Fsp3) is 0.596. The number of likely N-dealkylation sites (tertiary alicyclic amines) is 3. The number of pyridine rings is 1. The summed E-state index contributed by atoms with van der Waals surface area (Å²) in [6.07, 6.45) is 16.6. The summed E-state index contributed by atoms with van der Waals surface area (Å²) in [4.78, 5) is 86.6. The van der Waals surface area contributed by atoms with Crippen molar-refractivity contribution in [2.75, 3.05) is 49.5 Å². The molecular weight excluding hydrogens is 907 g/mol. The van der Waals surface area contributed by atoms with Crippen LogP contribution >= 0.6 is 0 Å². The molecule has 0 bridgehead atoms. The van der Waals surface area contributed by atoms with Crippen molar-refractivity contribution in [3.05, 3.63) is 66.0 Å². The summed E-state index contributed by atoms with van der Waals surface area (Å²) in [5.74, 6) is 0.928. The molecule has 12 rings (SSSR count). The van der Waals surface area contributed by atoms with Gasteiger partial charge in [0.25, 0.3) is 0 Å². The number of anilines is 2. The standard InChI is InChI=1S/C57H71N9O6/c1-35(2)65-34-58-48-32-47(60-52(51(48)65)59-40-13-14-40)38-12-20-46-49(29-38)66(42-30-41(31-42)62-24-4-3-5-25-62)56(71)57(46)22-27-63(28-23-57)55(70)39-7-6-26-64(33-39)54(69)37-10-17-44(18-11-37)72-43-15-8-36(9-16-43)45-19-21-50(67)61-53(45)68/h8-9,12,15-16,20,29,32,34-35,37,39-42,44-45H,3-7,10-11,13-14,17-19,21-28,30-31,33H2,1-2H3,(H,59,60)(H,61,67,68)/t37?,39-,41?,42?,44?,45-/m1/s1. The highest BCUT2D eigenvalue weighted by atomic mass is 16.5. The minimum Gasteiger partial charge on any atom is -0.490 e. The topological polar surface area (TPSA) is 162 Å². The van der Waals surface area contributed by atoms with Crippen LogP contribution in [0, 0.1) is 11.8 Å². The molecule has 72 heavy (non-hydrogen) atoms. The van der Waals surface area contributed by atoms with Crippen molar-refractivity contribution in [1.29, 1.82) is 0 Å². The molecule has 0 unspecified atom stereocenters. The molecule has 3 aliphatic carbocycles. The number of imidazole rings is 1. The van der Waals surface area contributed by atoms with E-state index in [4.69, 9.17) is 14.7 Å². The van der Waals surface area contributed by atoms with Crippen molar-refractivity contribution >= 4 is 52.1 Å². The van der Waals surface area contributed by atoms with Gasteiger partial charge in [0.15, 0.2) is 5.82 Å². The molecule has 15 nitrogen and oxygen atoms in total. The lowest BCUT2D eigenvalue weighted by molar-refractivity contribution is -0.145. The van der Waals surface area contributed by atoms with Gasteiger partial charge in [-0.3, -0.25) is 29.3 Å². The maximum atomic E-state index is 15.3. The number of nitrogens with zero attached hydrogens (tertiary/aromatic N) is 7. The molecular formula is C57H71N9O6. The number of piperidine rings is 4. The number of nitrogens with one attached hydrogen (secondary N) is 2. The lowest BCUT2D eigenvalue weighted by Crippen LogP contribution is -2.58. The Kier molecular flexibility index (Phi) is 12.6. The second-order valence-electron chi connectivity index (χ2n) is 22.9. The highest BCUT2D eigenvalue weighted by molar-refractivity contribution is 6.09. The summed E-state index contributed by atoms with van der Waals surface area (Å²) in [6.45, 7) is 8.79. The minimum atomic E-state index is -0.691. The van der Waals surface area contributed by atoms with Gasteiger partial charge < -0.3 is 34.2 Å². The van der Waals surface area contributed by atoms with Gasteiger partial charge in [0.1, 0.15) is 11.3 Å². The van der Waals surface area contributed by atoms with Crippen LogP contribution in [0.25, 0.3) is 22.3 Å². The Balaban J connectivity index is 0.705. The number of hydrogen-bond acceptors (Lipinski definition) is 10.